The fourth-order valence-corrected chi connectivity index (χ4v) is 2.94. The molecular formula is C19H18ClNO3. The number of aromatic carboxylic acids is 1. The van der Waals surface area contributed by atoms with Crippen molar-refractivity contribution in [3.63, 3.8) is 0 Å². The van der Waals surface area contributed by atoms with Crippen molar-refractivity contribution >= 4 is 17.6 Å². The molecule has 1 aromatic rings. The summed E-state index contributed by atoms with van der Waals surface area (Å²) >= 11 is 5.96. The summed E-state index contributed by atoms with van der Waals surface area (Å²) in [4.78, 5) is 24.1. The maximum atomic E-state index is 12.6. The van der Waals surface area contributed by atoms with Gasteiger partial charge in [0.15, 0.2) is 0 Å². The second-order valence-corrected chi connectivity index (χ2v) is 5.79. The van der Waals surface area contributed by atoms with Gasteiger partial charge >= 0.3 is 5.97 Å². The van der Waals surface area contributed by atoms with Gasteiger partial charge in [-0.1, -0.05) is 49.4 Å². The molecule has 0 saturated heterocycles. The molecule has 0 aromatic heterocycles. The van der Waals surface area contributed by atoms with Gasteiger partial charge in [0.05, 0.1) is 12.2 Å². The first kappa shape index (κ1) is 17.8. The van der Waals surface area contributed by atoms with Crippen molar-refractivity contribution in [2.24, 2.45) is 0 Å². The van der Waals surface area contributed by atoms with Gasteiger partial charge in [-0.05, 0) is 36.2 Å². The van der Waals surface area contributed by atoms with Crippen molar-refractivity contribution in [1.29, 1.82) is 0 Å². The number of hydrogen-bond acceptors (Lipinski definition) is 2. The van der Waals surface area contributed by atoms with E-state index in [-0.39, 0.29) is 13.0 Å². The highest BCUT2D eigenvalue weighted by Crippen LogP contribution is 2.25. The van der Waals surface area contributed by atoms with Crippen molar-refractivity contribution in [2.75, 3.05) is 0 Å². The molecule has 0 fully saturated rings. The number of aryl methyl sites for hydroxylation is 1. The number of nitrogens with zero attached hydrogens (tertiary/aromatic N) is 1. The zero-order valence-corrected chi connectivity index (χ0v) is 13.2. The number of aromatic nitrogens is 1. The van der Waals surface area contributed by atoms with Crippen LogP contribution in [-0.4, -0.2) is 15.6 Å². The Morgan fingerprint density at radius 1 is 1.17 bits per heavy atom. The van der Waals surface area contributed by atoms with E-state index in [1.807, 2.05) is 19.1 Å². The number of benzene rings is 1. The minimum atomic E-state index is -1.21. The molecule has 1 heterocycles. The van der Waals surface area contributed by atoms with Crippen molar-refractivity contribution < 1.29 is 9.90 Å². The third-order valence-corrected chi connectivity index (χ3v) is 4.12. The average molecular weight is 344 g/mol. The summed E-state index contributed by atoms with van der Waals surface area (Å²) in [6.07, 6.45) is 0. The van der Waals surface area contributed by atoms with Gasteiger partial charge in [0.25, 0.3) is 5.56 Å². The average Bonchev–Trinajstić information content (AvgIpc) is 2.64. The van der Waals surface area contributed by atoms with Gasteiger partial charge in [0, 0.05) is 10.6 Å². The van der Waals surface area contributed by atoms with Crippen LogP contribution in [0, 0.1) is 6.92 Å². The number of carboxylic acid groups (broad SMARTS) is 1. The van der Waals surface area contributed by atoms with Crippen LogP contribution in [0.3, 0.4) is 0 Å². The highest BCUT2D eigenvalue weighted by Gasteiger charge is 2.24. The fraction of sp³-hybridized carbons (Fsp3) is 0.158. The van der Waals surface area contributed by atoms with Crippen LogP contribution in [0.4, 0.5) is 0 Å². The molecule has 0 radical (unpaired) electrons. The van der Waals surface area contributed by atoms with Crippen LogP contribution in [0.1, 0.15) is 28.9 Å². The number of carboxylic acids is 1. The van der Waals surface area contributed by atoms with Crippen molar-refractivity contribution in [3.8, 4) is 11.3 Å². The Morgan fingerprint density at radius 3 is 2.54 bits per heavy atom. The topological polar surface area (TPSA) is 59.3 Å². The number of carbonyl (C=O) groups is 1. The molecule has 3 rings (SSSR count). The normalized spacial score (nSPS) is 10.4. The summed E-state index contributed by atoms with van der Waals surface area (Å²) in [6.45, 7) is 2.21. The van der Waals surface area contributed by atoms with Crippen LogP contribution >= 0.6 is 11.6 Å². The molecule has 0 saturated carbocycles. The molecule has 1 N–H and O–H groups in total. The number of halogens is 1. The van der Waals surface area contributed by atoms with Gasteiger partial charge < -0.3 is 9.67 Å². The highest BCUT2D eigenvalue weighted by molar-refractivity contribution is 6.30. The molecule has 0 bridgehead atoms. The predicted octanol–water partition coefficient (Wildman–Crippen LogP) is 4.30. The van der Waals surface area contributed by atoms with Crippen molar-refractivity contribution in [3.05, 3.63) is 80.6 Å². The molecule has 0 spiro atoms. The SMILES string of the molecule is C.Cc1cc(Cl)ccc1Cn1c2cccccc-2c(C(=O)O)c1=O. The van der Waals surface area contributed by atoms with Crippen molar-refractivity contribution in [1.82, 2.24) is 4.57 Å². The Labute approximate surface area is 145 Å². The lowest BCUT2D eigenvalue weighted by atomic mass is 10.1. The van der Waals surface area contributed by atoms with E-state index in [9.17, 15) is 14.7 Å². The van der Waals surface area contributed by atoms with Crippen LogP contribution in [0.2, 0.25) is 5.02 Å². The van der Waals surface area contributed by atoms with E-state index in [2.05, 4.69) is 0 Å². The molecule has 0 unspecified atom stereocenters. The number of rotatable bonds is 3. The maximum absolute atomic E-state index is 12.6. The largest absolute Gasteiger partial charge is 0.477 e. The van der Waals surface area contributed by atoms with Crippen LogP contribution in [0.15, 0.2) is 53.3 Å². The smallest absolute Gasteiger partial charge is 0.342 e. The van der Waals surface area contributed by atoms with E-state index in [0.29, 0.717) is 22.8 Å². The third kappa shape index (κ3) is 3.05. The summed E-state index contributed by atoms with van der Waals surface area (Å²) in [5.74, 6) is -1.21. The Bertz CT molecular complexity index is 930. The first-order valence-electron chi connectivity index (χ1n) is 7.09. The van der Waals surface area contributed by atoms with E-state index in [0.717, 1.165) is 11.1 Å². The molecule has 1 aliphatic heterocycles. The quantitative estimate of drug-likeness (QED) is 0.771. The van der Waals surface area contributed by atoms with Crippen molar-refractivity contribution in [2.45, 2.75) is 20.9 Å². The Hall–Kier alpha value is -2.59. The number of hydrogen-bond donors (Lipinski definition) is 1. The molecule has 124 valence electrons. The summed E-state index contributed by atoms with van der Waals surface area (Å²) in [5, 5.41) is 10.0. The van der Waals surface area contributed by atoms with Crippen LogP contribution in [0.25, 0.3) is 11.3 Å². The molecule has 0 atom stereocenters. The zero-order chi connectivity index (χ0) is 16.6. The van der Waals surface area contributed by atoms with Crippen LogP contribution < -0.4 is 5.56 Å². The minimum Gasteiger partial charge on any atom is -0.477 e. The number of fused-ring (bicyclic) bond motifs is 1. The van der Waals surface area contributed by atoms with E-state index in [4.69, 9.17) is 11.6 Å². The van der Waals surface area contributed by atoms with Gasteiger partial charge in [-0.15, -0.1) is 0 Å². The summed E-state index contributed by atoms with van der Waals surface area (Å²) in [6, 6.07) is 14.2. The van der Waals surface area contributed by atoms with E-state index in [1.165, 1.54) is 4.57 Å². The molecule has 2 aliphatic rings. The Morgan fingerprint density at radius 2 is 1.88 bits per heavy atom. The van der Waals surface area contributed by atoms with Crippen LogP contribution in [-0.2, 0) is 6.54 Å². The van der Waals surface area contributed by atoms with Gasteiger partial charge in [-0.3, -0.25) is 4.79 Å². The summed E-state index contributed by atoms with van der Waals surface area (Å²) in [7, 11) is 0. The Balaban J connectivity index is 0.00000208. The molecule has 24 heavy (non-hydrogen) atoms. The highest BCUT2D eigenvalue weighted by atomic mass is 35.5. The van der Waals surface area contributed by atoms with Gasteiger partial charge in [-0.25, -0.2) is 4.79 Å². The molecule has 1 aromatic carbocycles. The van der Waals surface area contributed by atoms with Gasteiger partial charge in [0.2, 0.25) is 0 Å². The molecule has 4 nitrogen and oxygen atoms in total. The molecular weight excluding hydrogens is 326 g/mol. The monoisotopic (exact) mass is 343 g/mol. The van der Waals surface area contributed by atoms with Crippen LogP contribution in [0.5, 0.6) is 0 Å². The zero-order valence-electron chi connectivity index (χ0n) is 12.4. The second kappa shape index (κ2) is 6.89. The maximum Gasteiger partial charge on any atom is 0.342 e. The van der Waals surface area contributed by atoms with Gasteiger partial charge in [0.1, 0.15) is 5.56 Å². The lowest BCUT2D eigenvalue weighted by Crippen LogP contribution is -2.21. The first-order valence-corrected chi connectivity index (χ1v) is 7.46. The third-order valence-electron chi connectivity index (χ3n) is 3.88. The fourth-order valence-electron chi connectivity index (χ4n) is 2.71. The minimum absolute atomic E-state index is 0. The van der Waals surface area contributed by atoms with Gasteiger partial charge in [-0.2, -0.15) is 0 Å². The molecule has 1 aliphatic carbocycles. The predicted molar refractivity (Wildman–Crippen MR) is 96.3 cm³/mol. The lowest BCUT2D eigenvalue weighted by molar-refractivity contribution is 0.0696. The second-order valence-electron chi connectivity index (χ2n) is 5.35. The lowest BCUT2D eigenvalue weighted by Gasteiger charge is -2.09. The summed E-state index contributed by atoms with van der Waals surface area (Å²) in [5.41, 5.74) is 2.24. The molecule has 0 amide bonds. The first-order chi connectivity index (χ1) is 11.0. The van der Waals surface area contributed by atoms with E-state index >= 15 is 0 Å². The Kier molecular flexibility index (Phi) is 5.10. The summed E-state index contributed by atoms with van der Waals surface area (Å²) < 4.78 is 1.50. The standard InChI is InChI=1S/C18H14ClNO3.CH4/c1-11-9-13(19)8-7-12(11)10-20-15-6-4-2-3-5-14(15)16(17(20)21)18(22)23;/h2-9H,10H2,1H3,(H,22,23);1H4. The van der Waals surface area contributed by atoms with E-state index in [1.54, 1.807) is 36.4 Å². The molecule has 5 heteroatoms. The van der Waals surface area contributed by atoms with E-state index < -0.39 is 11.5 Å².